The van der Waals surface area contributed by atoms with E-state index in [1.807, 2.05) is 0 Å². The molecule has 0 aromatic heterocycles. The molecule has 2 heterocycles. The molecule has 2 fully saturated rings. The van der Waals surface area contributed by atoms with Crippen LogP contribution in [0.5, 0.6) is 5.75 Å². The maximum atomic E-state index is 13.2. The first-order chi connectivity index (χ1) is 8.63. The molecule has 0 amide bonds. The van der Waals surface area contributed by atoms with Gasteiger partial charge in [-0.25, -0.2) is 4.39 Å². The fraction of sp³-hybridized carbons (Fsp3) is 0.571. The van der Waals surface area contributed by atoms with Gasteiger partial charge in [0.1, 0.15) is 17.7 Å². The molecule has 0 radical (unpaired) electrons. The summed E-state index contributed by atoms with van der Waals surface area (Å²) in [4.78, 5) is 2.47. The topological polar surface area (TPSA) is 12.5 Å². The standard InChI is InChI=1S/C14H17BrFNO/c1-17-10-3-4-11(17)8-12(7-10)18-14-6-9(16)2-5-13(14)15/h2,5-6,10-12H,3-4,7-8H2,1H3. The monoisotopic (exact) mass is 313 g/mol. The van der Waals surface area contributed by atoms with Crippen LogP contribution in [-0.4, -0.2) is 30.1 Å². The molecule has 0 aliphatic carbocycles. The van der Waals surface area contributed by atoms with Crippen LogP contribution in [0, 0.1) is 5.82 Å². The summed E-state index contributed by atoms with van der Waals surface area (Å²) >= 11 is 3.41. The summed E-state index contributed by atoms with van der Waals surface area (Å²) in [6.07, 6.45) is 4.86. The third-order valence-electron chi connectivity index (χ3n) is 4.24. The third kappa shape index (κ3) is 2.28. The third-order valence-corrected chi connectivity index (χ3v) is 4.90. The highest BCUT2D eigenvalue weighted by molar-refractivity contribution is 9.10. The van der Waals surface area contributed by atoms with E-state index >= 15 is 0 Å². The largest absolute Gasteiger partial charge is 0.489 e. The van der Waals surface area contributed by atoms with Crippen molar-refractivity contribution in [1.29, 1.82) is 0 Å². The van der Waals surface area contributed by atoms with Gasteiger partial charge in [0.05, 0.1) is 4.47 Å². The van der Waals surface area contributed by atoms with Gasteiger partial charge < -0.3 is 9.64 Å². The van der Waals surface area contributed by atoms with Crippen molar-refractivity contribution in [3.63, 3.8) is 0 Å². The molecule has 4 heteroatoms. The Balaban J connectivity index is 1.72. The maximum Gasteiger partial charge on any atom is 0.136 e. The number of rotatable bonds is 2. The van der Waals surface area contributed by atoms with Gasteiger partial charge in [0, 0.05) is 18.2 Å². The number of piperidine rings is 1. The highest BCUT2D eigenvalue weighted by Gasteiger charge is 2.39. The van der Waals surface area contributed by atoms with Crippen molar-refractivity contribution in [3.8, 4) is 5.75 Å². The molecule has 3 rings (SSSR count). The summed E-state index contributed by atoms with van der Waals surface area (Å²) < 4.78 is 20.0. The molecule has 2 unspecified atom stereocenters. The van der Waals surface area contributed by atoms with Gasteiger partial charge in [-0.3, -0.25) is 0 Å². The average Bonchev–Trinajstić information content (AvgIpc) is 2.58. The summed E-state index contributed by atoms with van der Waals surface area (Å²) in [6.45, 7) is 0. The summed E-state index contributed by atoms with van der Waals surface area (Å²) in [5.74, 6) is 0.382. The molecule has 0 spiro atoms. The second kappa shape index (κ2) is 4.82. The van der Waals surface area contributed by atoms with Crippen molar-refractivity contribution in [2.24, 2.45) is 0 Å². The Morgan fingerprint density at radius 3 is 2.61 bits per heavy atom. The van der Waals surface area contributed by atoms with Crippen molar-refractivity contribution < 1.29 is 9.13 Å². The maximum absolute atomic E-state index is 13.2. The Hall–Kier alpha value is -0.610. The minimum atomic E-state index is -0.246. The van der Waals surface area contributed by atoms with E-state index in [0.29, 0.717) is 17.8 Å². The Kier molecular flexibility index (Phi) is 3.32. The molecule has 1 aromatic rings. The second-order valence-electron chi connectivity index (χ2n) is 5.34. The Morgan fingerprint density at radius 1 is 1.28 bits per heavy atom. The smallest absolute Gasteiger partial charge is 0.136 e. The molecular formula is C14H17BrFNO. The lowest BCUT2D eigenvalue weighted by molar-refractivity contribution is 0.0655. The summed E-state index contributed by atoms with van der Waals surface area (Å²) in [7, 11) is 2.21. The number of benzene rings is 1. The van der Waals surface area contributed by atoms with Crippen LogP contribution >= 0.6 is 15.9 Å². The Labute approximate surface area is 115 Å². The lowest BCUT2D eigenvalue weighted by atomic mass is 10.0. The van der Waals surface area contributed by atoms with Gasteiger partial charge in [-0.15, -0.1) is 0 Å². The highest BCUT2D eigenvalue weighted by atomic mass is 79.9. The molecule has 98 valence electrons. The number of ether oxygens (including phenoxy) is 1. The van der Waals surface area contributed by atoms with E-state index in [9.17, 15) is 4.39 Å². The molecule has 2 saturated heterocycles. The van der Waals surface area contributed by atoms with Crippen molar-refractivity contribution >= 4 is 15.9 Å². The quantitative estimate of drug-likeness (QED) is 0.827. The van der Waals surface area contributed by atoms with Gasteiger partial charge >= 0.3 is 0 Å². The predicted octanol–water partition coefficient (Wildman–Crippen LogP) is 3.59. The molecule has 0 saturated carbocycles. The number of fused-ring (bicyclic) bond motifs is 2. The van der Waals surface area contributed by atoms with Gasteiger partial charge in [-0.2, -0.15) is 0 Å². The van der Waals surface area contributed by atoms with Crippen LogP contribution in [0.2, 0.25) is 0 Å². The second-order valence-corrected chi connectivity index (χ2v) is 6.19. The van der Waals surface area contributed by atoms with Crippen LogP contribution in [0.1, 0.15) is 25.7 Å². The Bertz CT molecular complexity index is 439. The summed E-state index contributed by atoms with van der Waals surface area (Å²) in [6, 6.07) is 5.88. The van der Waals surface area contributed by atoms with Gasteiger partial charge in [0.25, 0.3) is 0 Å². The zero-order chi connectivity index (χ0) is 12.7. The molecule has 2 aliphatic rings. The van der Waals surface area contributed by atoms with E-state index in [4.69, 9.17) is 4.74 Å². The van der Waals surface area contributed by atoms with Crippen LogP contribution < -0.4 is 4.74 Å². The summed E-state index contributed by atoms with van der Waals surface area (Å²) in [5, 5.41) is 0. The van der Waals surface area contributed by atoms with Crippen LogP contribution in [0.15, 0.2) is 22.7 Å². The molecule has 1 aromatic carbocycles. The van der Waals surface area contributed by atoms with Gasteiger partial charge in [-0.05, 0) is 60.8 Å². The zero-order valence-corrected chi connectivity index (χ0v) is 12.0. The van der Waals surface area contributed by atoms with Crippen LogP contribution in [-0.2, 0) is 0 Å². The average molecular weight is 314 g/mol. The van der Waals surface area contributed by atoms with Gasteiger partial charge in [-0.1, -0.05) is 0 Å². The fourth-order valence-electron chi connectivity index (χ4n) is 3.20. The van der Waals surface area contributed by atoms with E-state index in [1.165, 1.54) is 25.0 Å². The van der Waals surface area contributed by atoms with Crippen molar-refractivity contribution in [3.05, 3.63) is 28.5 Å². The minimum absolute atomic E-state index is 0.219. The normalized spacial score (nSPS) is 31.6. The van der Waals surface area contributed by atoms with E-state index in [-0.39, 0.29) is 11.9 Å². The van der Waals surface area contributed by atoms with Gasteiger partial charge in [0.15, 0.2) is 0 Å². The molecule has 2 atom stereocenters. The van der Waals surface area contributed by atoms with Crippen LogP contribution in [0.25, 0.3) is 0 Å². The Morgan fingerprint density at radius 2 is 1.94 bits per heavy atom. The molecular weight excluding hydrogens is 297 g/mol. The minimum Gasteiger partial charge on any atom is -0.489 e. The zero-order valence-electron chi connectivity index (χ0n) is 10.4. The first-order valence-electron chi connectivity index (χ1n) is 6.47. The number of hydrogen-bond donors (Lipinski definition) is 0. The van der Waals surface area contributed by atoms with Crippen molar-refractivity contribution in [1.82, 2.24) is 4.90 Å². The van der Waals surface area contributed by atoms with E-state index < -0.39 is 0 Å². The lowest BCUT2D eigenvalue weighted by Gasteiger charge is -2.36. The molecule has 2 aliphatic heterocycles. The van der Waals surface area contributed by atoms with Crippen LogP contribution in [0.3, 0.4) is 0 Å². The summed E-state index contributed by atoms with van der Waals surface area (Å²) in [5.41, 5.74) is 0. The predicted molar refractivity (Wildman–Crippen MR) is 72.3 cm³/mol. The molecule has 2 bridgehead atoms. The van der Waals surface area contributed by atoms with Crippen molar-refractivity contribution in [2.75, 3.05) is 7.05 Å². The lowest BCUT2D eigenvalue weighted by Crippen LogP contribution is -2.43. The van der Waals surface area contributed by atoms with Gasteiger partial charge in [0.2, 0.25) is 0 Å². The molecule has 18 heavy (non-hydrogen) atoms. The molecule has 2 nitrogen and oxygen atoms in total. The molecule has 0 N–H and O–H groups in total. The first kappa shape index (κ1) is 12.4. The van der Waals surface area contributed by atoms with Crippen molar-refractivity contribution in [2.45, 2.75) is 43.9 Å². The van der Waals surface area contributed by atoms with E-state index in [0.717, 1.165) is 17.3 Å². The fourth-order valence-corrected chi connectivity index (χ4v) is 3.54. The van der Waals surface area contributed by atoms with E-state index in [1.54, 1.807) is 6.07 Å². The SMILES string of the molecule is CN1C2CCC1CC(Oc1cc(F)ccc1Br)C2. The highest BCUT2D eigenvalue weighted by Crippen LogP contribution is 2.37. The first-order valence-corrected chi connectivity index (χ1v) is 7.26. The number of hydrogen-bond acceptors (Lipinski definition) is 2. The number of nitrogens with zero attached hydrogens (tertiary/aromatic N) is 1. The number of halogens is 2. The van der Waals surface area contributed by atoms with E-state index in [2.05, 4.69) is 27.9 Å². The van der Waals surface area contributed by atoms with Crippen LogP contribution in [0.4, 0.5) is 4.39 Å².